The maximum atomic E-state index is 13.4. The molecule has 1 fully saturated rings. The Balaban J connectivity index is 1.69. The fourth-order valence-corrected chi connectivity index (χ4v) is 4.56. The number of thiocarbonyl (C=S) groups is 1. The molecule has 1 aromatic heterocycles. The Hall–Kier alpha value is -3.30. The number of benzene rings is 2. The number of nitrogens with zero attached hydrogens (tertiary/aromatic N) is 3. The van der Waals surface area contributed by atoms with Crippen molar-refractivity contribution in [2.45, 2.75) is 12.8 Å². The van der Waals surface area contributed by atoms with Gasteiger partial charge in [0.05, 0.1) is 16.3 Å². The highest BCUT2D eigenvalue weighted by molar-refractivity contribution is 8.26. The molecular weight excluding hydrogens is 449 g/mol. The summed E-state index contributed by atoms with van der Waals surface area (Å²) in [6.07, 6.45) is 3.82. The summed E-state index contributed by atoms with van der Waals surface area (Å²) in [5.74, 6) is -1.52. The minimum Gasteiger partial charge on any atom is -0.481 e. The van der Waals surface area contributed by atoms with Crippen LogP contribution in [0.1, 0.15) is 18.4 Å². The van der Waals surface area contributed by atoms with Crippen molar-refractivity contribution in [3.8, 4) is 16.9 Å². The molecule has 2 aromatic carbocycles. The molecule has 162 valence electrons. The number of hydrogen-bond donors (Lipinski definition) is 1. The first-order chi connectivity index (χ1) is 15.4. The fraction of sp³-hybridized carbons (Fsp3) is 0.130. The predicted molar refractivity (Wildman–Crippen MR) is 126 cm³/mol. The number of hydrogen-bond acceptors (Lipinski definition) is 5. The first-order valence-corrected chi connectivity index (χ1v) is 11.0. The number of aromatic nitrogens is 2. The van der Waals surface area contributed by atoms with Crippen molar-refractivity contribution in [2.75, 3.05) is 6.54 Å². The van der Waals surface area contributed by atoms with Gasteiger partial charge in [0, 0.05) is 30.3 Å². The second kappa shape index (κ2) is 9.46. The normalized spacial score (nSPS) is 15.0. The van der Waals surface area contributed by atoms with E-state index in [0.717, 1.165) is 5.69 Å². The van der Waals surface area contributed by atoms with Crippen LogP contribution in [0.2, 0.25) is 0 Å². The number of rotatable bonds is 7. The summed E-state index contributed by atoms with van der Waals surface area (Å²) in [5, 5.41) is 13.5. The van der Waals surface area contributed by atoms with Crippen molar-refractivity contribution in [3.63, 3.8) is 0 Å². The SMILES string of the molecule is O=C(O)CCCN1C(=O)/C(=C/c2cn(-c3ccccc3)nc2-c2ccc(F)cc2)SC1=S. The van der Waals surface area contributed by atoms with Crippen LogP contribution in [0.15, 0.2) is 65.7 Å². The van der Waals surface area contributed by atoms with E-state index in [0.29, 0.717) is 32.5 Å². The maximum absolute atomic E-state index is 13.4. The number of carboxylic acid groups (broad SMARTS) is 1. The molecule has 0 saturated carbocycles. The highest BCUT2D eigenvalue weighted by Gasteiger charge is 2.32. The molecule has 1 aliphatic heterocycles. The van der Waals surface area contributed by atoms with Gasteiger partial charge in [0.2, 0.25) is 0 Å². The van der Waals surface area contributed by atoms with E-state index < -0.39 is 5.97 Å². The van der Waals surface area contributed by atoms with Gasteiger partial charge in [-0.15, -0.1) is 0 Å². The first-order valence-electron chi connectivity index (χ1n) is 9.80. The number of carbonyl (C=O) groups excluding carboxylic acids is 1. The van der Waals surface area contributed by atoms with Crippen LogP contribution in [0, 0.1) is 5.82 Å². The van der Waals surface area contributed by atoms with Gasteiger partial charge in [-0.3, -0.25) is 14.5 Å². The van der Waals surface area contributed by atoms with E-state index in [1.165, 1.54) is 28.8 Å². The third kappa shape index (κ3) is 4.79. The average molecular weight is 468 g/mol. The molecule has 0 atom stereocenters. The second-order valence-electron chi connectivity index (χ2n) is 7.05. The molecule has 3 aromatic rings. The van der Waals surface area contributed by atoms with E-state index in [-0.39, 0.29) is 24.7 Å². The molecule has 1 aliphatic rings. The minimum atomic E-state index is -0.914. The molecule has 9 heteroatoms. The van der Waals surface area contributed by atoms with Gasteiger partial charge >= 0.3 is 5.97 Å². The summed E-state index contributed by atoms with van der Waals surface area (Å²) in [5.41, 5.74) is 2.84. The molecule has 0 bridgehead atoms. The van der Waals surface area contributed by atoms with Crippen molar-refractivity contribution in [3.05, 3.63) is 77.1 Å². The van der Waals surface area contributed by atoms with Crippen molar-refractivity contribution >= 4 is 46.3 Å². The largest absolute Gasteiger partial charge is 0.481 e. The van der Waals surface area contributed by atoms with Gasteiger partial charge in [-0.25, -0.2) is 9.07 Å². The molecule has 2 heterocycles. The van der Waals surface area contributed by atoms with Crippen LogP contribution in [0.25, 0.3) is 23.0 Å². The standard InChI is InChI=1S/C23H18FN3O3S2/c24-17-10-8-15(9-11-17)21-16(14-27(25-21)18-5-2-1-3-6-18)13-19-22(30)26(23(31)32-19)12-4-7-20(28)29/h1-3,5-6,8-11,13-14H,4,7,12H2,(H,28,29)/b19-13-. The number of thioether (sulfide) groups is 1. The van der Waals surface area contributed by atoms with Crippen LogP contribution in [0.4, 0.5) is 4.39 Å². The lowest BCUT2D eigenvalue weighted by Gasteiger charge is -2.13. The quantitative estimate of drug-likeness (QED) is 0.399. The minimum absolute atomic E-state index is 0.0331. The Kier molecular flexibility index (Phi) is 6.48. The number of carboxylic acids is 1. The third-order valence-corrected chi connectivity index (χ3v) is 6.19. The molecular formula is C23H18FN3O3S2. The molecule has 4 rings (SSSR count). The van der Waals surface area contributed by atoms with Crippen LogP contribution >= 0.6 is 24.0 Å². The Morgan fingerprint density at radius 2 is 1.88 bits per heavy atom. The highest BCUT2D eigenvalue weighted by Crippen LogP contribution is 2.35. The molecule has 0 radical (unpaired) electrons. The first kappa shape index (κ1) is 21.9. The highest BCUT2D eigenvalue weighted by atomic mass is 32.2. The molecule has 0 unspecified atom stereocenters. The summed E-state index contributed by atoms with van der Waals surface area (Å²) in [6.45, 7) is 0.252. The molecule has 6 nitrogen and oxygen atoms in total. The molecule has 0 spiro atoms. The van der Waals surface area contributed by atoms with Gasteiger partial charge < -0.3 is 5.11 Å². The lowest BCUT2D eigenvalue weighted by molar-refractivity contribution is -0.137. The zero-order valence-corrected chi connectivity index (χ0v) is 18.4. The summed E-state index contributed by atoms with van der Waals surface area (Å²) in [6, 6.07) is 15.5. The van der Waals surface area contributed by atoms with Gasteiger partial charge in [0.15, 0.2) is 0 Å². The van der Waals surface area contributed by atoms with Gasteiger partial charge in [-0.1, -0.05) is 42.2 Å². The Morgan fingerprint density at radius 1 is 1.16 bits per heavy atom. The zero-order chi connectivity index (χ0) is 22.7. The van der Waals surface area contributed by atoms with E-state index in [9.17, 15) is 14.0 Å². The number of carbonyl (C=O) groups is 2. The van der Waals surface area contributed by atoms with Crippen molar-refractivity contribution < 1.29 is 19.1 Å². The van der Waals surface area contributed by atoms with Crippen LogP contribution in [-0.4, -0.2) is 42.5 Å². The van der Waals surface area contributed by atoms with E-state index in [1.54, 1.807) is 22.9 Å². The van der Waals surface area contributed by atoms with Crippen LogP contribution in [-0.2, 0) is 9.59 Å². The molecule has 0 aliphatic carbocycles. The van der Waals surface area contributed by atoms with Gasteiger partial charge in [-0.2, -0.15) is 5.10 Å². The fourth-order valence-electron chi connectivity index (χ4n) is 3.26. The van der Waals surface area contributed by atoms with Gasteiger partial charge in [0.25, 0.3) is 5.91 Å². The van der Waals surface area contributed by atoms with E-state index in [1.807, 2.05) is 36.5 Å². The van der Waals surface area contributed by atoms with Crippen molar-refractivity contribution in [2.24, 2.45) is 0 Å². The summed E-state index contributed by atoms with van der Waals surface area (Å²) >= 11 is 6.50. The van der Waals surface area contributed by atoms with Crippen molar-refractivity contribution in [1.29, 1.82) is 0 Å². The third-order valence-electron chi connectivity index (χ3n) is 4.81. The number of amides is 1. The average Bonchev–Trinajstić information content (AvgIpc) is 3.31. The van der Waals surface area contributed by atoms with Crippen LogP contribution in [0.3, 0.4) is 0 Å². The van der Waals surface area contributed by atoms with E-state index in [2.05, 4.69) is 5.10 Å². The topological polar surface area (TPSA) is 75.4 Å². The number of aliphatic carboxylic acids is 1. The molecule has 1 saturated heterocycles. The summed E-state index contributed by atoms with van der Waals surface area (Å²) < 4.78 is 15.5. The maximum Gasteiger partial charge on any atom is 0.303 e. The summed E-state index contributed by atoms with van der Waals surface area (Å²) in [7, 11) is 0. The smallest absolute Gasteiger partial charge is 0.303 e. The lowest BCUT2D eigenvalue weighted by atomic mass is 10.1. The Morgan fingerprint density at radius 3 is 2.56 bits per heavy atom. The molecule has 1 N–H and O–H groups in total. The van der Waals surface area contributed by atoms with E-state index >= 15 is 0 Å². The van der Waals surface area contributed by atoms with Crippen LogP contribution < -0.4 is 0 Å². The molecule has 1 amide bonds. The van der Waals surface area contributed by atoms with Gasteiger partial charge in [-0.05, 0) is 48.9 Å². The number of halogens is 1. The molecule has 32 heavy (non-hydrogen) atoms. The van der Waals surface area contributed by atoms with Crippen LogP contribution in [0.5, 0.6) is 0 Å². The zero-order valence-electron chi connectivity index (χ0n) is 16.8. The van der Waals surface area contributed by atoms with Gasteiger partial charge in [0.1, 0.15) is 10.1 Å². The number of para-hydroxylation sites is 1. The lowest BCUT2D eigenvalue weighted by Crippen LogP contribution is -2.29. The predicted octanol–water partition coefficient (Wildman–Crippen LogP) is 4.74. The second-order valence-corrected chi connectivity index (χ2v) is 8.73. The Labute approximate surface area is 193 Å². The van der Waals surface area contributed by atoms with E-state index in [4.69, 9.17) is 17.3 Å². The Bertz CT molecular complexity index is 1210. The van der Waals surface area contributed by atoms with Crippen molar-refractivity contribution in [1.82, 2.24) is 14.7 Å². The summed E-state index contributed by atoms with van der Waals surface area (Å²) in [4.78, 5) is 25.5. The monoisotopic (exact) mass is 467 g/mol.